The van der Waals surface area contributed by atoms with Gasteiger partial charge in [0.1, 0.15) is 0 Å². The van der Waals surface area contributed by atoms with Gasteiger partial charge in [0.25, 0.3) is 0 Å². The molecule has 8 heteroatoms. The van der Waals surface area contributed by atoms with Crippen molar-refractivity contribution < 1.29 is 13.2 Å². The fraction of sp³-hybridized carbons (Fsp3) is 0.588. The second-order valence-corrected chi connectivity index (χ2v) is 8.34. The fourth-order valence-electron chi connectivity index (χ4n) is 3.38. The number of benzene rings is 1. The zero-order chi connectivity index (χ0) is 17.0. The van der Waals surface area contributed by atoms with Crippen LogP contribution in [0.3, 0.4) is 0 Å². The summed E-state index contributed by atoms with van der Waals surface area (Å²) in [6.07, 6.45) is 3.74. The Kier molecular flexibility index (Phi) is 7.25. The molecule has 1 aromatic carbocycles. The largest absolute Gasteiger partial charge is 0.340 e. The highest BCUT2D eigenvalue weighted by Crippen LogP contribution is 2.18. The molecule has 2 fully saturated rings. The highest BCUT2D eigenvalue weighted by atomic mass is 35.5. The number of amides is 1. The summed E-state index contributed by atoms with van der Waals surface area (Å²) in [5.74, 6) is 0.119. The molecule has 6 nitrogen and oxygen atoms in total. The lowest BCUT2D eigenvalue weighted by Gasteiger charge is -2.29. The van der Waals surface area contributed by atoms with Gasteiger partial charge >= 0.3 is 0 Å². The number of hydrogen-bond acceptors (Lipinski definition) is 4. The van der Waals surface area contributed by atoms with E-state index in [-0.39, 0.29) is 24.4 Å². The maximum atomic E-state index is 12.7. The van der Waals surface area contributed by atoms with Gasteiger partial charge in [-0.1, -0.05) is 24.6 Å². The Morgan fingerprint density at radius 3 is 2.44 bits per heavy atom. The smallest absolute Gasteiger partial charge is 0.243 e. The maximum absolute atomic E-state index is 12.7. The molecule has 0 spiro atoms. The predicted octanol–water partition coefficient (Wildman–Crippen LogP) is 1.47. The second kappa shape index (κ2) is 8.98. The monoisotopic (exact) mass is 387 g/mol. The molecule has 0 radical (unpaired) electrons. The van der Waals surface area contributed by atoms with Crippen LogP contribution in [0, 0.1) is 0 Å². The molecule has 3 rings (SSSR count). The number of carbonyl (C=O) groups is 1. The molecule has 140 valence electrons. The van der Waals surface area contributed by atoms with E-state index in [0.717, 1.165) is 25.8 Å². The van der Waals surface area contributed by atoms with Gasteiger partial charge in [-0.2, -0.15) is 4.31 Å². The first-order valence-electron chi connectivity index (χ1n) is 8.66. The van der Waals surface area contributed by atoms with E-state index < -0.39 is 10.0 Å². The summed E-state index contributed by atoms with van der Waals surface area (Å²) in [6.45, 7) is 2.79. The van der Waals surface area contributed by atoms with Crippen molar-refractivity contribution in [1.29, 1.82) is 0 Å². The van der Waals surface area contributed by atoms with Crippen LogP contribution in [0.2, 0.25) is 0 Å². The topological polar surface area (TPSA) is 69.7 Å². The second-order valence-electron chi connectivity index (χ2n) is 6.40. The molecule has 1 N–H and O–H groups in total. The van der Waals surface area contributed by atoms with Gasteiger partial charge in [0.15, 0.2) is 0 Å². The average molecular weight is 388 g/mol. The molecule has 1 aromatic rings. The molecule has 0 aliphatic carbocycles. The van der Waals surface area contributed by atoms with E-state index in [1.807, 2.05) is 4.90 Å². The molecule has 0 saturated carbocycles. The summed E-state index contributed by atoms with van der Waals surface area (Å²) in [7, 11) is -3.48. The number of hydrogen-bond donors (Lipinski definition) is 1. The van der Waals surface area contributed by atoms with Crippen molar-refractivity contribution in [3.63, 3.8) is 0 Å². The third-order valence-corrected chi connectivity index (χ3v) is 6.67. The summed E-state index contributed by atoms with van der Waals surface area (Å²) < 4.78 is 27.0. The Bertz CT molecular complexity index is 663. The zero-order valence-electron chi connectivity index (χ0n) is 14.3. The Morgan fingerprint density at radius 1 is 1.00 bits per heavy atom. The van der Waals surface area contributed by atoms with Crippen molar-refractivity contribution in [1.82, 2.24) is 14.5 Å². The van der Waals surface area contributed by atoms with Crippen molar-refractivity contribution in [2.45, 2.75) is 36.6 Å². The third-order valence-electron chi connectivity index (χ3n) is 4.76. The van der Waals surface area contributed by atoms with Gasteiger partial charge in [-0.15, -0.1) is 12.4 Å². The van der Waals surface area contributed by atoms with E-state index in [9.17, 15) is 13.2 Å². The van der Waals surface area contributed by atoms with Gasteiger partial charge < -0.3 is 10.2 Å². The fourth-order valence-corrected chi connectivity index (χ4v) is 4.87. The lowest BCUT2D eigenvalue weighted by Crippen LogP contribution is -2.49. The van der Waals surface area contributed by atoms with Gasteiger partial charge in [0, 0.05) is 26.2 Å². The summed E-state index contributed by atoms with van der Waals surface area (Å²) in [6, 6.07) is 8.41. The maximum Gasteiger partial charge on any atom is 0.243 e. The lowest BCUT2D eigenvalue weighted by molar-refractivity contribution is -0.133. The van der Waals surface area contributed by atoms with E-state index in [0.29, 0.717) is 37.5 Å². The molecule has 2 saturated heterocycles. The molecule has 2 aliphatic heterocycles. The van der Waals surface area contributed by atoms with E-state index in [1.165, 1.54) is 4.31 Å². The SMILES string of the molecule is Cl.O=C(C1CCCCN1)N1CCCN(S(=O)(=O)c2ccccc2)CC1. The quantitative estimate of drug-likeness (QED) is 0.852. The van der Waals surface area contributed by atoms with Crippen LogP contribution in [0.1, 0.15) is 25.7 Å². The lowest BCUT2D eigenvalue weighted by atomic mass is 10.0. The molecular weight excluding hydrogens is 362 g/mol. The van der Waals surface area contributed by atoms with E-state index >= 15 is 0 Å². The van der Waals surface area contributed by atoms with Crippen molar-refractivity contribution >= 4 is 28.3 Å². The third kappa shape index (κ3) is 4.73. The number of sulfonamides is 1. The van der Waals surface area contributed by atoms with Crippen LogP contribution in [-0.4, -0.2) is 62.3 Å². The number of nitrogens with one attached hydrogen (secondary N) is 1. The molecule has 2 heterocycles. The van der Waals surface area contributed by atoms with Crippen LogP contribution in [0.4, 0.5) is 0 Å². The molecular formula is C17H26ClN3O3S. The molecule has 1 amide bonds. The first kappa shape index (κ1) is 20.2. The zero-order valence-corrected chi connectivity index (χ0v) is 15.9. The van der Waals surface area contributed by atoms with Crippen LogP contribution in [-0.2, 0) is 14.8 Å². The average Bonchev–Trinajstić information content (AvgIpc) is 2.89. The molecule has 0 bridgehead atoms. The highest BCUT2D eigenvalue weighted by molar-refractivity contribution is 7.89. The number of piperidine rings is 1. The van der Waals surface area contributed by atoms with Gasteiger partial charge in [-0.3, -0.25) is 4.79 Å². The predicted molar refractivity (Wildman–Crippen MR) is 99.3 cm³/mol. The molecule has 2 aliphatic rings. The minimum Gasteiger partial charge on any atom is -0.340 e. The summed E-state index contributed by atoms with van der Waals surface area (Å²) >= 11 is 0. The van der Waals surface area contributed by atoms with Crippen LogP contribution in [0.15, 0.2) is 35.2 Å². The highest BCUT2D eigenvalue weighted by Gasteiger charge is 2.30. The summed E-state index contributed by atoms with van der Waals surface area (Å²) in [4.78, 5) is 14.8. The van der Waals surface area contributed by atoms with Crippen LogP contribution < -0.4 is 5.32 Å². The minimum atomic E-state index is -3.48. The number of halogens is 1. The Hall–Kier alpha value is -1.15. The van der Waals surface area contributed by atoms with Gasteiger partial charge in [0.2, 0.25) is 15.9 Å². The standard InChI is InChI=1S/C17H25N3O3S.ClH/c21-17(16-9-4-5-10-18-16)19-11-6-12-20(14-13-19)24(22,23)15-7-2-1-3-8-15;/h1-3,7-8,16,18H,4-6,9-14H2;1H. The van der Waals surface area contributed by atoms with Crippen LogP contribution in [0.5, 0.6) is 0 Å². The Morgan fingerprint density at radius 2 is 1.76 bits per heavy atom. The molecule has 25 heavy (non-hydrogen) atoms. The summed E-state index contributed by atoms with van der Waals surface area (Å²) in [5.41, 5.74) is 0. The van der Waals surface area contributed by atoms with E-state index in [2.05, 4.69) is 5.32 Å². The first-order valence-corrected chi connectivity index (χ1v) is 10.1. The minimum absolute atomic E-state index is 0. The van der Waals surface area contributed by atoms with E-state index in [4.69, 9.17) is 0 Å². The number of nitrogens with zero attached hydrogens (tertiary/aromatic N) is 2. The normalized spacial score (nSPS) is 22.7. The summed E-state index contributed by atoms with van der Waals surface area (Å²) in [5, 5.41) is 3.28. The van der Waals surface area contributed by atoms with Crippen molar-refractivity contribution in [2.75, 3.05) is 32.7 Å². The molecule has 1 unspecified atom stereocenters. The van der Waals surface area contributed by atoms with E-state index in [1.54, 1.807) is 30.3 Å². The first-order chi connectivity index (χ1) is 11.6. The number of carbonyl (C=O) groups excluding carboxylic acids is 1. The van der Waals surface area contributed by atoms with Gasteiger partial charge in [-0.05, 0) is 37.9 Å². The van der Waals surface area contributed by atoms with Crippen molar-refractivity contribution in [2.24, 2.45) is 0 Å². The molecule has 0 aromatic heterocycles. The van der Waals surface area contributed by atoms with Gasteiger partial charge in [-0.25, -0.2) is 8.42 Å². The van der Waals surface area contributed by atoms with Crippen LogP contribution >= 0.6 is 12.4 Å². The van der Waals surface area contributed by atoms with Crippen LogP contribution in [0.25, 0.3) is 0 Å². The van der Waals surface area contributed by atoms with Crippen molar-refractivity contribution in [3.8, 4) is 0 Å². The van der Waals surface area contributed by atoms with Crippen molar-refractivity contribution in [3.05, 3.63) is 30.3 Å². The number of rotatable bonds is 3. The molecule has 1 atom stereocenters. The Balaban J connectivity index is 0.00000225. The van der Waals surface area contributed by atoms with Gasteiger partial charge in [0.05, 0.1) is 10.9 Å². The Labute approximate surface area is 156 Å².